The summed E-state index contributed by atoms with van der Waals surface area (Å²) in [5.41, 5.74) is 2.68. The van der Waals surface area contributed by atoms with Crippen LogP contribution in [0.1, 0.15) is 10.4 Å². The number of aromatic nitrogens is 2. The molecule has 1 amide bonds. The number of nitrogens with one attached hydrogen (secondary N) is 1. The molecule has 0 aliphatic heterocycles. The van der Waals surface area contributed by atoms with Gasteiger partial charge in [0.05, 0.1) is 19.9 Å². The molecule has 1 N–H and O–H groups in total. The van der Waals surface area contributed by atoms with Crippen molar-refractivity contribution in [3.63, 3.8) is 0 Å². The zero-order valence-electron chi connectivity index (χ0n) is 17.6. The molecule has 1 aromatic heterocycles. The van der Waals surface area contributed by atoms with Crippen LogP contribution in [0.4, 0.5) is 5.69 Å². The lowest BCUT2D eigenvalue weighted by Gasteiger charge is -2.10. The Morgan fingerprint density at radius 2 is 1.53 bits per heavy atom. The lowest BCUT2D eigenvalue weighted by molar-refractivity contribution is 0.102. The summed E-state index contributed by atoms with van der Waals surface area (Å²) < 4.78 is 16.2. The second kappa shape index (κ2) is 9.61. The predicted octanol–water partition coefficient (Wildman–Crippen LogP) is 5.21. The number of carbonyl (C=O) groups excluding carboxylic acids is 1. The van der Waals surface area contributed by atoms with Gasteiger partial charge >= 0.3 is 6.01 Å². The highest BCUT2D eigenvalue weighted by Crippen LogP contribution is 2.26. The van der Waals surface area contributed by atoms with E-state index in [0.29, 0.717) is 28.5 Å². The van der Waals surface area contributed by atoms with Gasteiger partial charge in [-0.05, 0) is 42.0 Å². The number of rotatable bonds is 7. The number of methoxy groups -OCH3 is 2. The standard InChI is InChI=1S/C25H21N3O4/c1-30-20-9-6-10-21(14-20)32-25-26-15-19(16-27-25)17-7-5-8-18(13-17)24(29)28-22-11-3-4-12-23(22)31-2/h3-16H,1-2H3,(H,28,29). The molecule has 0 saturated carbocycles. The Morgan fingerprint density at radius 3 is 2.31 bits per heavy atom. The van der Waals surface area contributed by atoms with E-state index >= 15 is 0 Å². The van der Waals surface area contributed by atoms with Crippen LogP contribution in [0.2, 0.25) is 0 Å². The summed E-state index contributed by atoms with van der Waals surface area (Å²) in [4.78, 5) is 21.3. The Labute approximate surface area is 185 Å². The van der Waals surface area contributed by atoms with E-state index in [-0.39, 0.29) is 11.9 Å². The quantitative estimate of drug-likeness (QED) is 0.436. The van der Waals surface area contributed by atoms with E-state index in [4.69, 9.17) is 14.2 Å². The van der Waals surface area contributed by atoms with Crippen molar-refractivity contribution in [2.75, 3.05) is 19.5 Å². The topological polar surface area (TPSA) is 82.6 Å². The average Bonchev–Trinajstić information content (AvgIpc) is 2.85. The molecule has 0 saturated heterocycles. The number of amides is 1. The first-order valence-electron chi connectivity index (χ1n) is 9.85. The van der Waals surface area contributed by atoms with E-state index in [0.717, 1.165) is 11.1 Å². The minimum atomic E-state index is -0.241. The highest BCUT2D eigenvalue weighted by Gasteiger charge is 2.11. The van der Waals surface area contributed by atoms with E-state index in [2.05, 4.69) is 15.3 Å². The van der Waals surface area contributed by atoms with Crippen molar-refractivity contribution in [2.24, 2.45) is 0 Å². The monoisotopic (exact) mass is 427 g/mol. The molecule has 0 spiro atoms. The van der Waals surface area contributed by atoms with Crippen LogP contribution in [0.5, 0.6) is 23.3 Å². The summed E-state index contributed by atoms with van der Waals surface area (Å²) in [6.45, 7) is 0. The normalized spacial score (nSPS) is 10.3. The molecular formula is C25H21N3O4. The van der Waals surface area contributed by atoms with Crippen LogP contribution in [0.25, 0.3) is 11.1 Å². The molecule has 3 aromatic carbocycles. The Hall–Kier alpha value is -4.39. The van der Waals surface area contributed by atoms with Crippen LogP contribution in [0, 0.1) is 0 Å². The number of hydrogen-bond donors (Lipinski definition) is 1. The van der Waals surface area contributed by atoms with Crippen molar-refractivity contribution in [1.29, 1.82) is 0 Å². The number of ether oxygens (including phenoxy) is 3. The molecule has 1 heterocycles. The molecule has 7 heteroatoms. The maximum absolute atomic E-state index is 12.7. The number of anilines is 1. The van der Waals surface area contributed by atoms with Crippen molar-refractivity contribution in [3.05, 3.63) is 90.8 Å². The fourth-order valence-corrected chi connectivity index (χ4v) is 3.07. The van der Waals surface area contributed by atoms with Crippen LogP contribution >= 0.6 is 0 Å². The second-order valence-electron chi connectivity index (χ2n) is 6.77. The number of nitrogens with zero attached hydrogens (tertiary/aromatic N) is 2. The minimum absolute atomic E-state index is 0.215. The number of benzene rings is 3. The van der Waals surface area contributed by atoms with Gasteiger partial charge in [-0.15, -0.1) is 0 Å². The Balaban J connectivity index is 1.49. The lowest BCUT2D eigenvalue weighted by atomic mass is 10.1. The van der Waals surface area contributed by atoms with E-state index in [9.17, 15) is 4.79 Å². The Bertz CT molecular complexity index is 1230. The third-order valence-corrected chi connectivity index (χ3v) is 4.69. The summed E-state index contributed by atoms with van der Waals surface area (Å²) in [6, 6.07) is 21.9. The van der Waals surface area contributed by atoms with E-state index in [1.165, 1.54) is 0 Å². The maximum atomic E-state index is 12.7. The zero-order chi connectivity index (χ0) is 22.3. The van der Waals surface area contributed by atoms with Gasteiger partial charge in [-0.25, -0.2) is 9.97 Å². The van der Waals surface area contributed by atoms with Crippen LogP contribution in [0.15, 0.2) is 85.2 Å². The van der Waals surface area contributed by atoms with Crippen LogP contribution in [-0.4, -0.2) is 30.1 Å². The van der Waals surface area contributed by atoms with Gasteiger partial charge in [-0.1, -0.05) is 30.3 Å². The molecule has 0 aliphatic rings. The summed E-state index contributed by atoms with van der Waals surface area (Å²) in [5, 5.41) is 2.88. The number of hydrogen-bond acceptors (Lipinski definition) is 6. The molecule has 0 atom stereocenters. The summed E-state index contributed by atoms with van der Waals surface area (Å²) in [6.07, 6.45) is 3.31. The van der Waals surface area contributed by atoms with Gasteiger partial charge in [-0.3, -0.25) is 4.79 Å². The maximum Gasteiger partial charge on any atom is 0.321 e. The second-order valence-corrected chi connectivity index (χ2v) is 6.77. The van der Waals surface area contributed by atoms with Crippen molar-refractivity contribution < 1.29 is 19.0 Å². The van der Waals surface area contributed by atoms with E-state index in [1.54, 1.807) is 63.0 Å². The molecule has 32 heavy (non-hydrogen) atoms. The lowest BCUT2D eigenvalue weighted by Crippen LogP contribution is -2.12. The zero-order valence-corrected chi connectivity index (χ0v) is 17.6. The Kier molecular flexibility index (Phi) is 6.27. The molecule has 0 fully saturated rings. The highest BCUT2D eigenvalue weighted by molar-refractivity contribution is 6.05. The van der Waals surface area contributed by atoms with Gasteiger partial charge in [0.1, 0.15) is 17.2 Å². The fraction of sp³-hybridized carbons (Fsp3) is 0.0800. The fourth-order valence-electron chi connectivity index (χ4n) is 3.07. The molecule has 0 unspecified atom stereocenters. The smallest absolute Gasteiger partial charge is 0.321 e. The first-order chi connectivity index (χ1) is 15.7. The molecule has 0 bridgehead atoms. The van der Waals surface area contributed by atoms with Gasteiger partial charge in [-0.2, -0.15) is 0 Å². The van der Waals surface area contributed by atoms with Gasteiger partial charge in [0, 0.05) is 29.6 Å². The molecular weight excluding hydrogens is 406 g/mol. The van der Waals surface area contributed by atoms with Crippen molar-refractivity contribution >= 4 is 11.6 Å². The molecule has 0 radical (unpaired) electrons. The van der Waals surface area contributed by atoms with Gasteiger partial charge in [0.2, 0.25) is 0 Å². The van der Waals surface area contributed by atoms with E-state index in [1.807, 2.05) is 36.4 Å². The minimum Gasteiger partial charge on any atom is -0.497 e. The van der Waals surface area contributed by atoms with Gasteiger partial charge in [0.15, 0.2) is 0 Å². The Morgan fingerprint density at radius 1 is 0.781 bits per heavy atom. The van der Waals surface area contributed by atoms with Crippen molar-refractivity contribution in [1.82, 2.24) is 9.97 Å². The third-order valence-electron chi connectivity index (χ3n) is 4.69. The van der Waals surface area contributed by atoms with E-state index < -0.39 is 0 Å². The number of para-hydroxylation sites is 2. The van der Waals surface area contributed by atoms with Crippen LogP contribution < -0.4 is 19.5 Å². The molecule has 4 rings (SSSR count). The highest BCUT2D eigenvalue weighted by atomic mass is 16.5. The first kappa shape index (κ1) is 20.9. The summed E-state index contributed by atoms with van der Waals surface area (Å²) >= 11 is 0. The van der Waals surface area contributed by atoms with Gasteiger partial charge in [0.25, 0.3) is 5.91 Å². The first-order valence-corrected chi connectivity index (χ1v) is 9.85. The largest absolute Gasteiger partial charge is 0.497 e. The molecule has 160 valence electrons. The van der Waals surface area contributed by atoms with Crippen molar-refractivity contribution in [2.45, 2.75) is 0 Å². The molecule has 7 nitrogen and oxygen atoms in total. The van der Waals surface area contributed by atoms with Gasteiger partial charge < -0.3 is 19.5 Å². The predicted molar refractivity (Wildman–Crippen MR) is 121 cm³/mol. The molecule has 4 aromatic rings. The summed E-state index contributed by atoms with van der Waals surface area (Å²) in [5.74, 6) is 1.61. The molecule has 0 aliphatic carbocycles. The average molecular weight is 427 g/mol. The summed E-state index contributed by atoms with van der Waals surface area (Å²) in [7, 11) is 3.16. The van der Waals surface area contributed by atoms with Crippen LogP contribution in [-0.2, 0) is 0 Å². The number of carbonyl (C=O) groups is 1. The third kappa shape index (κ3) is 4.84. The SMILES string of the molecule is COc1cccc(Oc2ncc(-c3cccc(C(=O)Nc4ccccc4OC)c3)cn2)c1. The van der Waals surface area contributed by atoms with Crippen molar-refractivity contribution in [3.8, 4) is 34.4 Å². The van der Waals surface area contributed by atoms with Crippen LogP contribution in [0.3, 0.4) is 0 Å².